The molecule has 1 aromatic carbocycles. The minimum absolute atomic E-state index is 0.0537. The van der Waals surface area contributed by atoms with E-state index in [-0.39, 0.29) is 11.9 Å². The van der Waals surface area contributed by atoms with Crippen LogP contribution in [0.4, 0.5) is 10.5 Å². The molecular weight excluding hydrogens is 524 g/mol. The van der Waals surface area contributed by atoms with Crippen LogP contribution in [-0.4, -0.2) is 59.3 Å². The highest BCUT2D eigenvalue weighted by Gasteiger charge is 2.25. The highest BCUT2D eigenvalue weighted by molar-refractivity contribution is 7.12. The van der Waals surface area contributed by atoms with Crippen molar-refractivity contribution in [2.24, 2.45) is 9.98 Å². The van der Waals surface area contributed by atoms with Gasteiger partial charge in [-0.15, -0.1) is 11.3 Å². The van der Waals surface area contributed by atoms with E-state index in [1.807, 2.05) is 18.7 Å². The van der Waals surface area contributed by atoms with E-state index < -0.39 is 11.7 Å². The number of aryl methyl sites for hydroxylation is 2. The number of allylic oxidation sites excluding steroid dienone is 1. The number of anilines is 1. The third-order valence-electron chi connectivity index (χ3n) is 5.70. The summed E-state index contributed by atoms with van der Waals surface area (Å²) in [7, 11) is 0. The van der Waals surface area contributed by atoms with Crippen LogP contribution in [0.5, 0.6) is 0 Å². The van der Waals surface area contributed by atoms with Gasteiger partial charge < -0.3 is 15.0 Å². The van der Waals surface area contributed by atoms with Crippen LogP contribution < -0.4 is 10.6 Å². The standard InChI is InChI=1S/C27H35ClN6O3S/c1-16(28)22(23-17(2)30-18(3)38-23)33-25(29-7)31-21-12-14-34(15-13-21)24(35)19-8-10-20(11-9-19)32-26(36)37-27(4,5)6/h8-11,21H,7,12-15H2,1-6H3,(H,31,33)(H,32,36)/b22-16+. The van der Waals surface area contributed by atoms with Crippen LogP contribution in [0, 0.1) is 13.8 Å². The largest absolute Gasteiger partial charge is 0.444 e. The normalized spacial score (nSPS) is 15.6. The fraction of sp³-hybridized carbons (Fsp3) is 0.444. The molecule has 1 saturated heterocycles. The van der Waals surface area contributed by atoms with Gasteiger partial charge >= 0.3 is 6.09 Å². The van der Waals surface area contributed by atoms with Crippen LogP contribution in [0.2, 0.25) is 0 Å². The molecule has 1 aliphatic rings. The van der Waals surface area contributed by atoms with Gasteiger partial charge in [0, 0.05) is 35.4 Å². The summed E-state index contributed by atoms with van der Waals surface area (Å²) in [5.74, 6) is 0.338. The summed E-state index contributed by atoms with van der Waals surface area (Å²) in [5, 5.41) is 7.51. The number of amides is 2. The highest BCUT2D eigenvalue weighted by Crippen LogP contribution is 2.30. The molecule has 2 N–H and O–H groups in total. The first-order chi connectivity index (χ1) is 17.9. The van der Waals surface area contributed by atoms with Gasteiger partial charge in [0.25, 0.3) is 5.91 Å². The van der Waals surface area contributed by atoms with Crippen LogP contribution in [0.3, 0.4) is 0 Å². The number of ether oxygens (including phenoxy) is 1. The summed E-state index contributed by atoms with van der Waals surface area (Å²) < 4.78 is 5.26. The molecule has 1 aromatic heterocycles. The van der Waals surface area contributed by atoms with E-state index >= 15 is 0 Å². The number of hydrogen-bond donors (Lipinski definition) is 2. The summed E-state index contributed by atoms with van der Waals surface area (Å²) in [6.45, 7) is 15.9. The third-order valence-corrected chi connectivity index (χ3v) is 6.96. The molecule has 9 nitrogen and oxygen atoms in total. The number of halogens is 1. The van der Waals surface area contributed by atoms with Crippen molar-refractivity contribution < 1.29 is 14.3 Å². The molecule has 0 saturated carbocycles. The van der Waals surface area contributed by atoms with Crippen molar-refractivity contribution in [3.8, 4) is 0 Å². The molecule has 1 aliphatic heterocycles. The fourth-order valence-electron chi connectivity index (χ4n) is 3.96. The van der Waals surface area contributed by atoms with E-state index in [4.69, 9.17) is 16.3 Å². The number of carbonyl (C=O) groups is 2. The van der Waals surface area contributed by atoms with Gasteiger partial charge in [-0.25, -0.2) is 19.8 Å². The highest BCUT2D eigenvalue weighted by atomic mass is 35.5. The molecule has 0 bridgehead atoms. The summed E-state index contributed by atoms with van der Waals surface area (Å²) >= 11 is 7.90. The topological polar surface area (TPSA) is 108 Å². The number of aromatic nitrogens is 1. The molecule has 0 aliphatic carbocycles. The second kappa shape index (κ2) is 12.5. The first kappa shape index (κ1) is 29.3. The zero-order valence-corrected chi connectivity index (χ0v) is 24.3. The second-order valence-electron chi connectivity index (χ2n) is 10.0. The van der Waals surface area contributed by atoms with Crippen molar-refractivity contribution >= 4 is 59.0 Å². The number of piperidine rings is 1. The van der Waals surface area contributed by atoms with Gasteiger partial charge in [0.05, 0.1) is 15.6 Å². The Balaban J connectivity index is 1.58. The Morgan fingerprint density at radius 1 is 1.18 bits per heavy atom. The third kappa shape index (κ3) is 8.13. The molecule has 2 amide bonds. The molecule has 1 fully saturated rings. The number of benzene rings is 1. The number of rotatable bonds is 5. The van der Waals surface area contributed by atoms with E-state index in [1.165, 1.54) is 11.3 Å². The summed E-state index contributed by atoms with van der Waals surface area (Å²) in [5.41, 5.74) is 2.03. The molecule has 2 aromatic rings. The minimum Gasteiger partial charge on any atom is -0.444 e. The smallest absolute Gasteiger partial charge is 0.412 e. The lowest BCUT2D eigenvalue weighted by atomic mass is 10.0. The number of hydrogen-bond acceptors (Lipinski definition) is 6. The number of likely N-dealkylation sites (tertiary alicyclic amines) is 1. The fourth-order valence-corrected chi connectivity index (χ4v) is 5.12. The number of carbonyl (C=O) groups excluding carboxylic acids is 2. The molecule has 0 atom stereocenters. The summed E-state index contributed by atoms with van der Waals surface area (Å²) in [4.78, 5) is 40.9. The lowest BCUT2D eigenvalue weighted by Gasteiger charge is -2.32. The molecule has 0 radical (unpaired) electrons. The van der Waals surface area contributed by atoms with Gasteiger partial charge in [-0.3, -0.25) is 10.1 Å². The molecule has 11 heteroatoms. The first-order valence-corrected chi connectivity index (χ1v) is 13.6. The first-order valence-electron chi connectivity index (χ1n) is 12.4. The minimum atomic E-state index is -0.586. The lowest BCUT2D eigenvalue weighted by Crippen LogP contribution is -2.46. The number of guanidine groups is 1. The maximum atomic E-state index is 13.0. The quantitative estimate of drug-likeness (QED) is 0.346. The average Bonchev–Trinajstić information content (AvgIpc) is 3.18. The zero-order valence-electron chi connectivity index (χ0n) is 22.7. The molecule has 0 spiro atoms. The van der Waals surface area contributed by atoms with E-state index in [2.05, 4.69) is 32.3 Å². The molecule has 3 rings (SSSR count). The molecule has 204 valence electrons. The van der Waals surface area contributed by atoms with Crippen LogP contribution in [0.25, 0.3) is 5.70 Å². The zero-order chi connectivity index (χ0) is 28.0. The number of thiazole rings is 1. The van der Waals surface area contributed by atoms with Crippen molar-refractivity contribution in [2.45, 2.75) is 66.0 Å². The van der Waals surface area contributed by atoms with E-state index in [0.29, 0.717) is 41.0 Å². The van der Waals surface area contributed by atoms with Crippen molar-refractivity contribution in [2.75, 3.05) is 18.4 Å². The van der Waals surface area contributed by atoms with Gasteiger partial charge in [0.1, 0.15) is 11.3 Å². The summed E-state index contributed by atoms with van der Waals surface area (Å²) in [6.07, 6.45) is 0.927. The van der Waals surface area contributed by atoms with Crippen molar-refractivity contribution in [3.05, 3.63) is 50.4 Å². The predicted octanol–water partition coefficient (Wildman–Crippen LogP) is 5.99. The second-order valence-corrected chi connectivity index (χ2v) is 11.8. The van der Waals surface area contributed by atoms with Gasteiger partial charge in [0.2, 0.25) is 5.96 Å². The number of aliphatic imine (C=N–C) groups is 2. The van der Waals surface area contributed by atoms with E-state index in [0.717, 1.165) is 28.4 Å². The Kier molecular flexibility index (Phi) is 9.67. The molecule has 38 heavy (non-hydrogen) atoms. The lowest BCUT2D eigenvalue weighted by molar-refractivity contribution is 0.0635. The maximum absolute atomic E-state index is 13.0. The number of nitrogens with one attached hydrogen (secondary N) is 2. The Hall–Kier alpha value is -3.24. The predicted molar refractivity (Wildman–Crippen MR) is 155 cm³/mol. The van der Waals surface area contributed by atoms with Crippen LogP contribution in [0.15, 0.2) is 39.3 Å². The van der Waals surface area contributed by atoms with Crippen molar-refractivity contribution in [1.82, 2.24) is 15.2 Å². The van der Waals surface area contributed by atoms with E-state index in [9.17, 15) is 9.59 Å². The SMILES string of the molecule is C=N/C(=N\C(=C(/C)Cl)c1sc(C)nc1C)NC1CCN(C(=O)c2ccc(NC(=O)OC(C)(C)C)cc2)CC1. The summed E-state index contributed by atoms with van der Waals surface area (Å²) in [6, 6.07) is 6.89. The maximum Gasteiger partial charge on any atom is 0.412 e. The van der Waals surface area contributed by atoms with Crippen LogP contribution in [0.1, 0.15) is 66.5 Å². The van der Waals surface area contributed by atoms with Gasteiger partial charge in [-0.1, -0.05) is 11.6 Å². The van der Waals surface area contributed by atoms with Crippen molar-refractivity contribution in [3.63, 3.8) is 0 Å². The molecular formula is C27H35ClN6O3S. The van der Waals surface area contributed by atoms with Gasteiger partial charge in [0.15, 0.2) is 0 Å². The molecule has 0 unspecified atom stereocenters. The number of nitrogens with zero attached hydrogens (tertiary/aromatic N) is 4. The van der Waals surface area contributed by atoms with Crippen molar-refractivity contribution in [1.29, 1.82) is 0 Å². The Morgan fingerprint density at radius 2 is 1.82 bits per heavy atom. The van der Waals surface area contributed by atoms with Crippen LogP contribution >= 0.6 is 22.9 Å². The van der Waals surface area contributed by atoms with Gasteiger partial charge in [-0.2, -0.15) is 0 Å². The Bertz CT molecular complexity index is 1230. The van der Waals surface area contributed by atoms with Gasteiger partial charge in [-0.05, 0) is 85.4 Å². The molecule has 2 heterocycles. The Morgan fingerprint density at radius 3 is 2.32 bits per heavy atom. The van der Waals surface area contributed by atoms with E-state index in [1.54, 1.807) is 52.0 Å². The Labute approximate surface area is 233 Å². The monoisotopic (exact) mass is 558 g/mol. The van der Waals surface area contributed by atoms with Crippen LogP contribution in [-0.2, 0) is 4.74 Å². The average molecular weight is 559 g/mol.